The second-order valence-electron chi connectivity index (χ2n) is 5.17. The topological polar surface area (TPSA) is 64.1 Å². The molecule has 0 fully saturated rings. The average molecular weight is 406 g/mol. The number of halogens is 1. The van der Waals surface area contributed by atoms with Crippen LogP contribution in [0.15, 0.2) is 52.9 Å². The number of rotatable bonds is 7. The molecule has 0 radical (unpaired) electrons. The Labute approximate surface area is 164 Å². The zero-order valence-electron chi connectivity index (χ0n) is 13.9. The number of thioether (sulfide) groups is 1. The molecule has 0 bridgehead atoms. The molecule has 1 heterocycles. The molecule has 1 amide bonds. The predicted molar refractivity (Wildman–Crippen MR) is 106 cm³/mol. The molecule has 0 atom stereocenters. The number of nitrogens with zero attached hydrogens (tertiary/aromatic N) is 2. The Bertz CT molecular complexity index is 901. The van der Waals surface area contributed by atoms with Gasteiger partial charge in [-0.05, 0) is 36.8 Å². The van der Waals surface area contributed by atoms with Crippen molar-refractivity contribution in [2.24, 2.45) is 0 Å². The molecule has 0 aliphatic carbocycles. The highest BCUT2D eigenvalue weighted by Gasteiger charge is 2.12. The summed E-state index contributed by atoms with van der Waals surface area (Å²) in [6.45, 7) is 2.45. The van der Waals surface area contributed by atoms with Crippen LogP contribution in [0.2, 0.25) is 5.02 Å². The van der Waals surface area contributed by atoms with Crippen molar-refractivity contribution in [3.05, 3.63) is 64.7 Å². The lowest BCUT2D eigenvalue weighted by Crippen LogP contribution is -2.11. The lowest BCUT2D eigenvalue weighted by molar-refractivity contribution is 0.102. The van der Waals surface area contributed by atoms with Crippen molar-refractivity contribution in [2.45, 2.75) is 17.0 Å². The molecule has 26 heavy (non-hydrogen) atoms. The SMILES string of the molecule is CCOc1cccc(C(=O)Nc2nnc(SCc3ccccc3Cl)s2)c1. The first-order valence-corrected chi connectivity index (χ1v) is 10.1. The van der Waals surface area contributed by atoms with Crippen LogP contribution in [0.5, 0.6) is 5.75 Å². The Kier molecular flexibility index (Phi) is 6.49. The summed E-state index contributed by atoms with van der Waals surface area (Å²) in [5.41, 5.74) is 1.55. The highest BCUT2D eigenvalue weighted by Crippen LogP contribution is 2.30. The van der Waals surface area contributed by atoms with E-state index in [9.17, 15) is 4.79 Å². The van der Waals surface area contributed by atoms with E-state index in [2.05, 4.69) is 15.5 Å². The highest BCUT2D eigenvalue weighted by molar-refractivity contribution is 8.00. The number of amides is 1. The second-order valence-corrected chi connectivity index (χ2v) is 7.78. The molecule has 0 aliphatic rings. The van der Waals surface area contributed by atoms with E-state index in [0.717, 1.165) is 14.9 Å². The predicted octanol–water partition coefficient (Wildman–Crippen LogP) is 5.13. The first-order chi connectivity index (χ1) is 12.7. The lowest BCUT2D eigenvalue weighted by atomic mass is 10.2. The maximum Gasteiger partial charge on any atom is 0.257 e. The standard InChI is InChI=1S/C18H16ClN3O2S2/c1-2-24-14-8-5-7-12(10-14)16(23)20-17-21-22-18(26-17)25-11-13-6-3-4-9-15(13)19/h3-10H,2,11H2,1H3,(H,20,21,23). The Morgan fingerprint density at radius 2 is 2.08 bits per heavy atom. The molecule has 3 aromatic rings. The minimum absolute atomic E-state index is 0.245. The van der Waals surface area contributed by atoms with E-state index in [4.69, 9.17) is 16.3 Å². The van der Waals surface area contributed by atoms with Crippen LogP contribution in [0.25, 0.3) is 0 Å². The molecule has 1 aromatic heterocycles. The number of ether oxygens (including phenoxy) is 1. The first kappa shape index (κ1) is 18.7. The third-order valence-corrected chi connectivity index (χ3v) is 5.73. The fourth-order valence-electron chi connectivity index (χ4n) is 2.14. The molecule has 0 spiro atoms. The van der Waals surface area contributed by atoms with E-state index in [1.54, 1.807) is 18.2 Å². The fraction of sp³-hybridized carbons (Fsp3) is 0.167. The van der Waals surface area contributed by atoms with E-state index in [1.807, 2.05) is 37.3 Å². The van der Waals surface area contributed by atoms with E-state index < -0.39 is 0 Å². The zero-order valence-corrected chi connectivity index (χ0v) is 16.3. The van der Waals surface area contributed by atoms with Gasteiger partial charge in [-0.1, -0.05) is 59.0 Å². The summed E-state index contributed by atoms with van der Waals surface area (Å²) in [5.74, 6) is 1.11. The van der Waals surface area contributed by atoms with E-state index in [0.29, 0.717) is 28.8 Å². The molecular formula is C18H16ClN3O2S2. The molecule has 0 saturated heterocycles. The van der Waals surface area contributed by atoms with Gasteiger partial charge in [0, 0.05) is 16.3 Å². The molecule has 0 saturated carbocycles. The van der Waals surface area contributed by atoms with Crippen LogP contribution in [0.1, 0.15) is 22.8 Å². The monoisotopic (exact) mass is 405 g/mol. The molecule has 1 N–H and O–H groups in total. The third kappa shape index (κ3) is 4.97. The van der Waals surface area contributed by atoms with Crippen LogP contribution in [0, 0.1) is 0 Å². The number of carbonyl (C=O) groups excluding carboxylic acids is 1. The molecule has 2 aromatic carbocycles. The Morgan fingerprint density at radius 1 is 1.23 bits per heavy atom. The highest BCUT2D eigenvalue weighted by atomic mass is 35.5. The molecule has 8 heteroatoms. The summed E-state index contributed by atoms with van der Waals surface area (Å²) in [5, 5.41) is 12.1. The number of hydrogen-bond donors (Lipinski definition) is 1. The smallest absolute Gasteiger partial charge is 0.257 e. The van der Waals surface area contributed by atoms with Gasteiger partial charge in [-0.3, -0.25) is 10.1 Å². The van der Waals surface area contributed by atoms with Gasteiger partial charge in [0.25, 0.3) is 5.91 Å². The summed E-state index contributed by atoms with van der Waals surface area (Å²) >= 11 is 9.01. The number of carbonyl (C=O) groups is 1. The van der Waals surface area contributed by atoms with Crippen molar-refractivity contribution >= 4 is 45.7 Å². The minimum Gasteiger partial charge on any atom is -0.494 e. The van der Waals surface area contributed by atoms with Gasteiger partial charge in [-0.25, -0.2) is 0 Å². The summed E-state index contributed by atoms with van der Waals surface area (Å²) in [4.78, 5) is 12.4. The minimum atomic E-state index is -0.245. The van der Waals surface area contributed by atoms with E-state index >= 15 is 0 Å². The average Bonchev–Trinajstić information content (AvgIpc) is 3.09. The van der Waals surface area contributed by atoms with Crippen molar-refractivity contribution in [3.8, 4) is 5.75 Å². The van der Waals surface area contributed by atoms with Gasteiger partial charge in [0.2, 0.25) is 5.13 Å². The molecule has 3 rings (SSSR count). The zero-order chi connectivity index (χ0) is 18.4. The normalized spacial score (nSPS) is 10.5. The van der Waals surface area contributed by atoms with Gasteiger partial charge >= 0.3 is 0 Å². The lowest BCUT2D eigenvalue weighted by Gasteiger charge is -2.05. The van der Waals surface area contributed by atoms with Gasteiger partial charge in [-0.2, -0.15) is 0 Å². The Morgan fingerprint density at radius 3 is 2.88 bits per heavy atom. The van der Waals surface area contributed by atoms with Crippen molar-refractivity contribution in [3.63, 3.8) is 0 Å². The van der Waals surface area contributed by atoms with Crippen LogP contribution in [0.4, 0.5) is 5.13 Å². The summed E-state index contributed by atoms with van der Waals surface area (Å²) in [7, 11) is 0. The first-order valence-electron chi connectivity index (χ1n) is 7.89. The Hall–Kier alpha value is -2.09. The number of hydrogen-bond acceptors (Lipinski definition) is 6. The van der Waals surface area contributed by atoms with Crippen molar-refractivity contribution < 1.29 is 9.53 Å². The number of benzene rings is 2. The molecular weight excluding hydrogens is 390 g/mol. The number of nitrogens with one attached hydrogen (secondary N) is 1. The maximum absolute atomic E-state index is 12.4. The second kappa shape index (κ2) is 9.02. The van der Waals surface area contributed by atoms with E-state index in [1.165, 1.54) is 23.1 Å². The third-order valence-electron chi connectivity index (χ3n) is 3.34. The Balaban J connectivity index is 1.60. The molecule has 0 aliphatic heterocycles. The fourth-order valence-corrected chi connectivity index (χ4v) is 4.17. The number of aromatic nitrogens is 2. The van der Waals surface area contributed by atoms with Crippen LogP contribution >= 0.6 is 34.7 Å². The maximum atomic E-state index is 12.4. The van der Waals surface area contributed by atoms with Crippen molar-refractivity contribution in [1.82, 2.24) is 10.2 Å². The quantitative estimate of drug-likeness (QED) is 0.435. The van der Waals surface area contributed by atoms with Gasteiger partial charge in [0.15, 0.2) is 4.34 Å². The molecule has 134 valence electrons. The van der Waals surface area contributed by atoms with E-state index in [-0.39, 0.29) is 5.91 Å². The largest absolute Gasteiger partial charge is 0.494 e. The van der Waals surface area contributed by atoms with Crippen LogP contribution in [-0.2, 0) is 5.75 Å². The van der Waals surface area contributed by atoms with Crippen molar-refractivity contribution in [1.29, 1.82) is 0 Å². The van der Waals surface area contributed by atoms with Crippen LogP contribution < -0.4 is 10.1 Å². The summed E-state index contributed by atoms with van der Waals surface area (Å²) < 4.78 is 6.18. The van der Waals surface area contributed by atoms with Crippen LogP contribution in [-0.4, -0.2) is 22.7 Å². The van der Waals surface area contributed by atoms with Crippen molar-refractivity contribution in [2.75, 3.05) is 11.9 Å². The summed E-state index contributed by atoms with van der Waals surface area (Å²) in [6, 6.07) is 14.7. The van der Waals surface area contributed by atoms with Gasteiger partial charge in [0.05, 0.1) is 6.61 Å². The van der Waals surface area contributed by atoms with Gasteiger partial charge in [-0.15, -0.1) is 10.2 Å². The van der Waals surface area contributed by atoms with Crippen LogP contribution in [0.3, 0.4) is 0 Å². The van der Waals surface area contributed by atoms with Gasteiger partial charge in [0.1, 0.15) is 5.75 Å². The molecule has 5 nitrogen and oxygen atoms in total. The number of anilines is 1. The molecule has 0 unspecified atom stereocenters. The van der Waals surface area contributed by atoms with Gasteiger partial charge < -0.3 is 4.74 Å². The summed E-state index contributed by atoms with van der Waals surface area (Å²) in [6.07, 6.45) is 0.